The minimum atomic E-state index is 0.0579. The summed E-state index contributed by atoms with van der Waals surface area (Å²) in [6, 6.07) is 0.611. The third-order valence-electron chi connectivity index (χ3n) is 4.27. The summed E-state index contributed by atoms with van der Waals surface area (Å²) in [7, 11) is 1.93. The van der Waals surface area contributed by atoms with E-state index in [9.17, 15) is 4.79 Å². The van der Waals surface area contributed by atoms with Gasteiger partial charge in [0, 0.05) is 50.9 Å². The summed E-state index contributed by atoms with van der Waals surface area (Å²) < 4.78 is 1.83. The summed E-state index contributed by atoms with van der Waals surface area (Å²) in [4.78, 5) is 13.6. The molecule has 21 heavy (non-hydrogen) atoms. The van der Waals surface area contributed by atoms with Crippen LogP contribution in [0, 0.1) is 0 Å². The van der Waals surface area contributed by atoms with Crippen molar-refractivity contribution in [2.24, 2.45) is 12.8 Å². The van der Waals surface area contributed by atoms with E-state index in [2.05, 4.69) is 28.4 Å². The van der Waals surface area contributed by atoms with E-state index in [4.69, 9.17) is 5.73 Å². The zero-order valence-electron chi connectivity index (χ0n) is 13.2. The summed E-state index contributed by atoms with van der Waals surface area (Å²) in [5, 5.41) is 7.30. The fraction of sp³-hybridized carbons (Fsp3) is 0.733. The second-order valence-electron chi connectivity index (χ2n) is 5.98. The number of piperidine rings is 1. The predicted octanol–water partition coefficient (Wildman–Crippen LogP) is 0.799. The number of nitrogens with zero attached hydrogens (tertiary/aromatic N) is 3. The number of rotatable bonds is 5. The molecule has 1 fully saturated rings. The van der Waals surface area contributed by atoms with Crippen LogP contribution in [0.2, 0.25) is 0 Å². The number of hydrogen-bond acceptors (Lipinski definition) is 4. The summed E-state index contributed by atoms with van der Waals surface area (Å²) in [5.74, 6) is 0.0579. The zero-order chi connectivity index (χ0) is 15.4. The molecule has 1 amide bonds. The van der Waals surface area contributed by atoms with Crippen molar-refractivity contribution in [1.82, 2.24) is 20.0 Å². The first-order chi connectivity index (χ1) is 10.0. The van der Waals surface area contributed by atoms with Crippen LogP contribution in [0.4, 0.5) is 0 Å². The molecule has 1 aliphatic heterocycles. The van der Waals surface area contributed by atoms with Crippen LogP contribution in [0.5, 0.6) is 0 Å². The lowest BCUT2D eigenvalue weighted by atomic mass is 9.95. The number of nitrogens with one attached hydrogen (secondary N) is 1. The Kier molecular flexibility index (Phi) is 5.36. The number of nitrogens with two attached hydrogens (primary N) is 1. The first-order valence-corrected chi connectivity index (χ1v) is 7.76. The van der Waals surface area contributed by atoms with Crippen LogP contribution in [0.1, 0.15) is 44.7 Å². The van der Waals surface area contributed by atoms with Crippen LogP contribution in [-0.2, 0) is 11.8 Å². The SMILES string of the molecule is CCC(N)C(c1cnn(C)c1)N1CCC(NC(C)=O)CC1. The van der Waals surface area contributed by atoms with Gasteiger partial charge in [-0.05, 0) is 19.3 Å². The first-order valence-electron chi connectivity index (χ1n) is 7.76. The highest BCUT2D eigenvalue weighted by molar-refractivity contribution is 5.73. The highest BCUT2D eigenvalue weighted by atomic mass is 16.1. The maximum Gasteiger partial charge on any atom is 0.217 e. The van der Waals surface area contributed by atoms with Gasteiger partial charge in [-0.2, -0.15) is 5.10 Å². The summed E-state index contributed by atoms with van der Waals surface area (Å²) in [5.41, 5.74) is 7.54. The largest absolute Gasteiger partial charge is 0.354 e. The van der Waals surface area contributed by atoms with Crippen molar-refractivity contribution < 1.29 is 4.79 Å². The molecule has 0 aromatic carbocycles. The second kappa shape index (κ2) is 7.04. The maximum atomic E-state index is 11.2. The molecule has 2 atom stereocenters. The van der Waals surface area contributed by atoms with Gasteiger partial charge in [-0.15, -0.1) is 0 Å². The topological polar surface area (TPSA) is 76.2 Å². The Balaban J connectivity index is 2.04. The molecule has 2 rings (SSSR count). The van der Waals surface area contributed by atoms with Crippen molar-refractivity contribution in [2.45, 2.75) is 51.2 Å². The van der Waals surface area contributed by atoms with Gasteiger partial charge in [-0.1, -0.05) is 6.92 Å². The molecule has 2 heterocycles. The van der Waals surface area contributed by atoms with Crippen molar-refractivity contribution >= 4 is 5.91 Å². The minimum Gasteiger partial charge on any atom is -0.354 e. The van der Waals surface area contributed by atoms with Crippen molar-refractivity contribution in [1.29, 1.82) is 0 Å². The monoisotopic (exact) mass is 293 g/mol. The molecule has 1 aromatic rings. The van der Waals surface area contributed by atoms with Crippen LogP contribution in [-0.4, -0.2) is 45.8 Å². The van der Waals surface area contributed by atoms with E-state index in [1.807, 2.05) is 17.9 Å². The number of amides is 1. The fourth-order valence-corrected chi connectivity index (χ4v) is 3.15. The maximum absolute atomic E-state index is 11.2. The van der Waals surface area contributed by atoms with E-state index >= 15 is 0 Å². The molecule has 0 aliphatic carbocycles. The average Bonchev–Trinajstić information content (AvgIpc) is 2.86. The summed E-state index contributed by atoms with van der Waals surface area (Å²) in [6.45, 7) is 5.62. The Morgan fingerprint density at radius 2 is 2.19 bits per heavy atom. The molecule has 1 aliphatic rings. The van der Waals surface area contributed by atoms with Gasteiger partial charge in [-0.3, -0.25) is 14.4 Å². The minimum absolute atomic E-state index is 0.0579. The first kappa shape index (κ1) is 16.0. The molecule has 1 aromatic heterocycles. The van der Waals surface area contributed by atoms with Crippen LogP contribution in [0.15, 0.2) is 12.4 Å². The Bertz CT molecular complexity index is 464. The molecule has 0 bridgehead atoms. The molecule has 0 spiro atoms. The normalized spacial score (nSPS) is 20.2. The number of carbonyl (C=O) groups excluding carboxylic acids is 1. The van der Waals surface area contributed by atoms with Crippen LogP contribution in [0.3, 0.4) is 0 Å². The van der Waals surface area contributed by atoms with Crippen molar-refractivity contribution in [3.63, 3.8) is 0 Å². The van der Waals surface area contributed by atoms with Gasteiger partial charge < -0.3 is 11.1 Å². The third-order valence-corrected chi connectivity index (χ3v) is 4.27. The van der Waals surface area contributed by atoms with E-state index in [-0.39, 0.29) is 18.0 Å². The number of aromatic nitrogens is 2. The molecule has 1 saturated heterocycles. The fourth-order valence-electron chi connectivity index (χ4n) is 3.15. The summed E-state index contributed by atoms with van der Waals surface area (Å²) in [6.07, 6.45) is 6.87. The van der Waals surface area contributed by atoms with Crippen molar-refractivity contribution in [2.75, 3.05) is 13.1 Å². The molecule has 2 unspecified atom stereocenters. The number of carbonyl (C=O) groups is 1. The Morgan fingerprint density at radius 3 is 2.67 bits per heavy atom. The second-order valence-corrected chi connectivity index (χ2v) is 5.98. The van der Waals surface area contributed by atoms with Gasteiger partial charge in [0.15, 0.2) is 0 Å². The van der Waals surface area contributed by atoms with Gasteiger partial charge >= 0.3 is 0 Å². The highest BCUT2D eigenvalue weighted by Crippen LogP contribution is 2.27. The molecule has 6 nitrogen and oxygen atoms in total. The van der Waals surface area contributed by atoms with Gasteiger partial charge in [0.1, 0.15) is 0 Å². The van der Waals surface area contributed by atoms with Crippen LogP contribution < -0.4 is 11.1 Å². The van der Waals surface area contributed by atoms with Gasteiger partial charge in [-0.25, -0.2) is 0 Å². The highest BCUT2D eigenvalue weighted by Gasteiger charge is 2.30. The lowest BCUT2D eigenvalue weighted by Gasteiger charge is -2.39. The molecular formula is C15H27N5O. The number of aryl methyl sites for hydroxylation is 1. The molecule has 3 N–H and O–H groups in total. The number of likely N-dealkylation sites (tertiary alicyclic amines) is 1. The smallest absolute Gasteiger partial charge is 0.217 e. The Labute approximate surface area is 126 Å². The van der Waals surface area contributed by atoms with E-state index in [0.29, 0.717) is 6.04 Å². The molecule has 6 heteroatoms. The van der Waals surface area contributed by atoms with E-state index in [0.717, 1.165) is 32.4 Å². The van der Waals surface area contributed by atoms with E-state index in [1.165, 1.54) is 5.56 Å². The van der Waals surface area contributed by atoms with Crippen molar-refractivity contribution in [3.05, 3.63) is 18.0 Å². The van der Waals surface area contributed by atoms with E-state index < -0.39 is 0 Å². The Morgan fingerprint density at radius 1 is 1.52 bits per heavy atom. The summed E-state index contributed by atoms with van der Waals surface area (Å²) >= 11 is 0. The van der Waals surface area contributed by atoms with Crippen LogP contribution in [0.25, 0.3) is 0 Å². The quantitative estimate of drug-likeness (QED) is 0.842. The zero-order valence-corrected chi connectivity index (χ0v) is 13.2. The number of hydrogen-bond donors (Lipinski definition) is 2. The van der Waals surface area contributed by atoms with Gasteiger partial charge in [0.05, 0.1) is 12.2 Å². The molecular weight excluding hydrogens is 266 g/mol. The van der Waals surface area contributed by atoms with Gasteiger partial charge in [0.2, 0.25) is 5.91 Å². The van der Waals surface area contributed by atoms with Gasteiger partial charge in [0.25, 0.3) is 0 Å². The van der Waals surface area contributed by atoms with Crippen molar-refractivity contribution in [3.8, 4) is 0 Å². The Hall–Kier alpha value is -1.40. The third kappa shape index (κ3) is 4.04. The lowest BCUT2D eigenvalue weighted by molar-refractivity contribution is -0.120. The predicted molar refractivity (Wildman–Crippen MR) is 82.6 cm³/mol. The lowest BCUT2D eigenvalue weighted by Crippen LogP contribution is -2.48. The average molecular weight is 293 g/mol. The standard InChI is InChI=1S/C15H27N5O/c1-4-14(16)15(12-9-17-19(3)10-12)20-7-5-13(6-8-20)18-11(2)21/h9-10,13-15H,4-8,16H2,1-3H3,(H,18,21). The molecule has 118 valence electrons. The molecule has 0 radical (unpaired) electrons. The van der Waals surface area contributed by atoms with Crippen LogP contribution >= 0.6 is 0 Å². The molecule has 0 saturated carbocycles. The van der Waals surface area contributed by atoms with E-state index in [1.54, 1.807) is 6.92 Å².